The van der Waals surface area contributed by atoms with E-state index in [-0.39, 0.29) is 11.5 Å². The number of rotatable bonds is 2. The molecule has 1 N–H and O–H groups in total. The van der Waals surface area contributed by atoms with E-state index in [1.165, 1.54) is 34.7 Å². The van der Waals surface area contributed by atoms with Gasteiger partial charge >= 0.3 is 0 Å². The van der Waals surface area contributed by atoms with Crippen molar-refractivity contribution in [1.29, 1.82) is 0 Å². The summed E-state index contributed by atoms with van der Waals surface area (Å²) in [5.74, 6) is 0. The summed E-state index contributed by atoms with van der Waals surface area (Å²) in [6, 6.07) is 11.0. The smallest absolute Gasteiger partial charge is 0.0849 e. The zero-order valence-electron chi connectivity index (χ0n) is 12.2. The Morgan fingerprint density at radius 2 is 1.70 bits per heavy atom. The van der Waals surface area contributed by atoms with Crippen LogP contribution in [0.5, 0.6) is 0 Å². The molecule has 0 aliphatic heterocycles. The molecule has 104 valence electrons. The minimum absolute atomic E-state index is 0.0680. The summed E-state index contributed by atoms with van der Waals surface area (Å²) in [5.41, 5.74) is 4.14. The summed E-state index contributed by atoms with van der Waals surface area (Å²) in [6.45, 7) is 2.26. The molecular weight excluding hydrogens is 244 g/mol. The number of aryl methyl sites for hydroxylation is 2. The summed E-state index contributed by atoms with van der Waals surface area (Å²) >= 11 is 0. The lowest BCUT2D eigenvalue weighted by Gasteiger charge is -2.31. The Morgan fingerprint density at radius 1 is 1.00 bits per heavy atom. The highest BCUT2D eigenvalue weighted by Crippen LogP contribution is 2.49. The minimum Gasteiger partial charge on any atom is -0.388 e. The van der Waals surface area contributed by atoms with Gasteiger partial charge in [-0.25, -0.2) is 0 Å². The molecule has 1 nitrogen and oxygen atoms in total. The molecule has 0 spiro atoms. The molecule has 2 aromatic rings. The lowest BCUT2D eigenvalue weighted by Crippen LogP contribution is -2.22. The van der Waals surface area contributed by atoms with Crippen molar-refractivity contribution in [3.63, 3.8) is 0 Å². The molecule has 1 saturated carbocycles. The van der Waals surface area contributed by atoms with Gasteiger partial charge < -0.3 is 5.11 Å². The van der Waals surface area contributed by atoms with Gasteiger partial charge in [-0.15, -0.1) is 0 Å². The first-order valence-electron chi connectivity index (χ1n) is 7.90. The number of hydrogen-bond donors (Lipinski definition) is 1. The van der Waals surface area contributed by atoms with Gasteiger partial charge in [0.1, 0.15) is 0 Å². The van der Waals surface area contributed by atoms with Crippen molar-refractivity contribution >= 4 is 10.8 Å². The topological polar surface area (TPSA) is 20.2 Å². The van der Waals surface area contributed by atoms with Gasteiger partial charge in [-0.1, -0.05) is 50.1 Å². The highest BCUT2D eigenvalue weighted by molar-refractivity contribution is 5.93. The van der Waals surface area contributed by atoms with Gasteiger partial charge in [-0.05, 0) is 58.6 Å². The number of benzene rings is 2. The van der Waals surface area contributed by atoms with Crippen molar-refractivity contribution < 1.29 is 5.11 Å². The van der Waals surface area contributed by atoms with E-state index < -0.39 is 0 Å². The average Bonchev–Trinajstić information content (AvgIpc) is 3.08. The first kappa shape index (κ1) is 12.4. The second-order valence-corrected chi connectivity index (χ2v) is 6.92. The SMILES string of the molecule is CC1(C(O)c2ccc3c4c(cccc24)CC3)CCCC1. The molecule has 2 aliphatic rings. The maximum Gasteiger partial charge on any atom is 0.0849 e. The zero-order valence-corrected chi connectivity index (χ0v) is 12.2. The van der Waals surface area contributed by atoms with Crippen LogP contribution in [0, 0.1) is 5.41 Å². The van der Waals surface area contributed by atoms with E-state index in [0.717, 1.165) is 31.2 Å². The van der Waals surface area contributed by atoms with Crippen molar-refractivity contribution in [2.45, 2.75) is 51.6 Å². The molecule has 20 heavy (non-hydrogen) atoms. The summed E-state index contributed by atoms with van der Waals surface area (Å²) in [7, 11) is 0. The van der Waals surface area contributed by atoms with E-state index in [2.05, 4.69) is 37.3 Å². The fourth-order valence-electron chi connectivity index (χ4n) is 4.34. The maximum absolute atomic E-state index is 11.0. The molecule has 0 amide bonds. The summed E-state index contributed by atoms with van der Waals surface area (Å²) in [6.07, 6.45) is 6.81. The molecule has 1 heteroatoms. The van der Waals surface area contributed by atoms with Crippen LogP contribution in [0.2, 0.25) is 0 Å². The quantitative estimate of drug-likeness (QED) is 0.845. The van der Waals surface area contributed by atoms with Crippen LogP contribution < -0.4 is 0 Å². The van der Waals surface area contributed by atoms with Crippen LogP contribution in [0.15, 0.2) is 30.3 Å². The van der Waals surface area contributed by atoms with E-state index in [9.17, 15) is 5.11 Å². The Labute approximate surface area is 120 Å². The third-order valence-corrected chi connectivity index (χ3v) is 5.61. The number of aliphatic hydroxyl groups excluding tert-OH is 1. The molecule has 0 saturated heterocycles. The van der Waals surface area contributed by atoms with Crippen LogP contribution in [0.3, 0.4) is 0 Å². The van der Waals surface area contributed by atoms with Crippen molar-refractivity contribution in [3.8, 4) is 0 Å². The minimum atomic E-state index is -0.324. The average molecular weight is 266 g/mol. The molecule has 0 aromatic heterocycles. The molecule has 1 atom stereocenters. The van der Waals surface area contributed by atoms with Gasteiger partial charge in [-0.3, -0.25) is 0 Å². The zero-order chi connectivity index (χ0) is 13.7. The van der Waals surface area contributed by atoms with Crippen molar-refractivity contribution in [2.75, 3.05) is 0 Å². The largest absolute Gasteiger partial charge is 0.388 e. The summed E-state index contributed by atoms with van der Waals surface area (Å²) in [4.78, 5) is 0. The molecule has 0 radical (unpaired) electrons. The maximum atomic E-state index is 11.0. The third-order valence-electron chi connectivity index (χ3n) is 5.61. The van der Waals surface area contributed by atoms with Crippen molar-refractivity contribution in [1.82, 2.24) is 0 Å². The first-order valence-corrected chi connectivity index (χ1v) is 7.90. The Hall–Kier alpha value is -1.34. The highest BCUT2D eigenvalue weighted by Gasteiger charge is 2.37. The fraction of sp³-hybridized carbons (Fsp3) is 0.474. The van der Waals surface area contributed by atoms with E-state index in [1.807, 2.05) is 0 Å². The lowest BCUT2D eigenvalue weighted by molar-refractivity contribution is 0.0420. The first-order chi connectivity index (χ1) is 9.69. The van der Waals surface area contributed by atoms with Gasteiger partial charge in [0, 0.05) is 0 Å². The fourth-order valence-corrected chi connectivity index (χ4v) is 4.34. The van der Waals surface area contributed by atoms with E-state index >= 15 is 0 Å². The number of aliphatic hydroxyl groups is 1. The van der Waals surface area contributed by atoms with Gasteiger partial charge in [0.2, 0.25) is 0 Å². The van der Waals surface area contributed by atoms with Crippen molar-refractivity contribution in [3.05, 3.63) is 47.0 Å². The van der Waals surface area contributed by atoms with Crippen LogP contribution in [0.1, 0.15) is 55.4 Å². The van der Waals surface area contributed by atoms with E-state index in [1.54, 1.807) is 0 Å². The Kier molecular flexibility index (Phi) is 2.68. The van der Waals surface area contributed by atoms with Gasteiger partial charge in [0.05, 0.1) is 6.10 Å². The Morgan fingerprint density at radius 3 is 2.45 bits per heavy atom. The second-order valence-electron chi connectivity index (χ2n) is 6.92. The van der Waals surface area contributed by atoms with Gasteiger partial charge in [0.15, 0.2) is 0 Å². The monoisotopic (exact) mass is 266 g/mol. The van der Waals surface area contributed by atoms with Gasteiger partial charge in [-0.2, -0.15) is 0 Å². The normalized spacial score (nSPS) is 21.5. The Balaban J connectivity index is 1.89. The van der Waals surface area contributed by atoms with Gasteiger partial charge in [0.25, 0.3) is 0 Å². The van der Waals surface area contributed by atoms with Crippen LogP contribution in [0.4, 0.5) is 0 Å². The summed E-state index contributed by atoms with van der Waals surface area (Å²) in [5, 5.41) is 13.7. The molecule has 4 rings (SSSR count). The van der Waals surface area contributed by atoms with Crippen LogP contribution >= 0.6 is 0 Å². The molecule has 1 fully saturated rings. The standard InChI is InChI=1S/C19H22O/c1-19(11-2-3-12-19)18(20)16-10-9-14-8-7-13-5-4-6-15(16)17(13)14/h4-6,9-10,18,20H,2-3,7-8,11-12H2,1H3. The van der Waals surface area contributed by atoms with Crippen LogP contribution in [0.25, 0.3) is 10.8 Å². The van der Waals surface area contributed by atoms with E-state index in [4.69, 9.17) is 0 Å². The third kappa shape index (κ3) is 1.66. The molecule has 2 aromatic carbocycles. The predicted octanol–water partition coefficient (Wildman–Crippen LogP) is 4.55. The summed E-state index contributed by atoms with van der Waals surface area (Å²) < 4.78 is 0. The molecule has 1 unspecified atom stereocenters. The van der Waals surface area contributed by atoms with E-state index in [0.29, 0.717) is 0 Å². The molecule has 0 heterocycles. The highest BCUT2D eigenvalue weighted by atomic mass is 16.3. The number of hydrogen-bond acceptors (Lipinski definition) is 1. The van der Waals surface area contributed by atoms with Crippen LogP contribution in [-0.4, -0.2) is 5.11 Å². The van der Waals surface area contributed by atoms with Crippen molar-refractivity contribution in [2.24, 2.45) is 5.41 Å². The predicted molar refractivity (Wildman–Crippen MR) is 82.9 cm³/mol. The second kappa shape index (κ2) is 4.33. The Bertz CT molecular complexity index is 655. The molecule has 2 aliphatic carbocycles. The molecular formula is C19H22O. The van der Waals surface area contributed by atoms with Crippen LogP contribution in [-0.2, 0) is 12.8 Å². The lowest BCUT2D eigenvalue weighted by atomic mass is 9.78. The molecule has 0 bridgehead atoms.